The van der Waals surface area contributed by atoms with E-state index in [1.807, 2.05) is 0 Å². The summed E-state index contributed by atoms with van der Waals surface area (Å²) in [7, 11) is 4.52. The van der Waals surface area contributed by atoms with Gasteiger partial charge in [-0.25, -0.2) is 0 Å². The first kappa shape index (κ1) is 13.3. The van der Waals surface area contributed by atoms with Gasteiger partial charge in [-0.05, 0) is 33.6 Å². The molecule has 2 aliphatic rings. The standard InChI is InChI=1S/C13H28N4/c1-14-4-3-5-16-9-7-15(2)8-11-17(10-6-14)13-12-16/h3-13H2,1-2H3. The number of likely N-dealkylation sites (N-methyl/N-ethyl adjacent to an activating group) is 2. The zero-order valence-corrected chi connectivity index (χ0v) is 11.6. The van der Waals surface area contributed by atoms with E-state index in [9.17, 15) is 0 Å². The van der Waals surface area contributed by atoms with Gasteiger partial charge < -0.3 is 14.7 Å². The van der Waals surface area contributed by atoms with Crippen molar-refractivity contribution < 1.29 is 0 Å². The largest absolute Gasteiger partial charge is 0.305 e. The second-order valence-corrected chi connectivity index (χ2v) is 5.64. The molecule has 0 saturated carbocycles. The average Bonchev–Trinajstić information content (AvgIpc) is 2.41. The van der Waals surface area contributed by atoms with E-state index in [1.54, 1.807) is 0 Å². The molecule has 2 aliphatic heterocycles. The van der Waals surface area contributed by atoms with Crippen LogP contribution in [0.4, 0.5) is 0 Å². The number of hydrogen-bond donors (Lipinski definition) is 0. The maximum atomic E-state index is 2.65. The van der Waals surface area contributed by atoms with Crippen LogP contribution < -0.4 is 0 Å². The SMILES string of the molecule is CN1CCCN2CCN(C)CCN(CC1)CC2. The van der Waals surface area contributed by atoms with Crippen molar-refractivity contribution in [1.82, 2.24) is 19.6 Å². The van der Waals surface area contributed by atoms with E-state index in [4.69, 9.17) is 0 Å². The summed E-state index contributed by atoms with van der Waals surface area (Å²) in [6.45, 7) is 12.4. The summed E-state index contributed by atoms with van der Waals surface area (Å²) in [6.07, 6.45) is 1.32. The molecule has 2 heterocycles. The van der Waals surface area contributed by atoms with Crippen LogP contribution in [0.25, 0.3) is 0 Å². The minimum Gasteiger partial charge on any atom is -0.305 e. The molecule has 0 spiro atoms. The van der Waals surface area contributed by atoms with Gasteiger partial charge in [0.05, 0.1) is 0 Å². The lowest BCUT2D eigenvalue weighted by atomic mass is 10.3. The Labute approximate surface area is 106 Å². The molecule has 0 radical (unpaired) electrons. The van der Waals surface area contributed by atoms with Crippen molar-refractivity contribution in [2.24, 2.45) is 0 Å². The smallest absolute Gasteiger partial charge is 0.0110 e. The monoisotopic (exact) mass is 240 g/mol. The van der Waals surface area contributed by atoms with Crippen LogP contribution in [0.2, 0.25) is 0 Å². The first-order valence-electron chi connectivity index (χ1n) is 7.06. The molecule has 2 saturated heterocycles. The molecule has 4 nitrogen and oxygen atoms in total. The number of nitrogens with zero attached hydrogens (tertiary/aromatic N) is 4. The Balaban J connectivity index is 1.97. The second-order valence-electron chi connectivity index (χ2n) is 5.64. The third-order valence-corrected chi connectivity index (χ3v) is 4.14. The summed E-state index contributed by atoms with van der Waals surface area (Å²) in [4.78, 5) is 10.2. The molecule has 2 atom stereocenters. The molecule has 2 rings (SSSR count). The number of fused-ring (bicyclic) bond motifs is 3. The first-order valence-corrected chi connectivity index (χ1v) is 7.06. The van der Waals surface area contributed by atoms with E-state index in [1.165, 1.54) is 71.9 Å². The fourth-order valence-electron chi connectivity index (χ4n) is 2.68. The third kappa shape index (κ3) is 4.54. The van der Waals surface area contributed by atoms with Crippen LogP contribution in [0, 0.1) is 0 Å². The van der Waals surface area contributed by atoms with Crippen LogP contribution in [0.3, 0.4) is 0 Å². The predicted octanol–water partition coefficient (Wildman–Crippen LogP) is -0.129. The van der Waals surface area contributed by atoms with Crippen molar-refractivity contribution in [3.8, 4) is 0 Å². The summed E-state index contributed by atoms with van der Waals surface area (Å²) in [6, 6.07) is 0. The van der Waals surface area contributed by atoms with E-state index in [2.05, 4.69) is 33.7 Å². The molecule has 2 bridgehead atoms. The highest BCUT2D eigenvalue weighted by Crippen LogP contribution is 2.03. The molecular weight excluding hydrogens is 212 g/mol. The van der Waals surface area contributed by atoms with E-state index in [0.717, 1.165) is 0 Å². The Morgan fingerprint density at radius 3 is 1.47 bits per heavy atom. The van der Waals surface area contributed by atoms with Gasteiger partial charge >= 0.3 is 0 Å². The molecule has 0 aliphatic carbocycles. The van der Waals surface area contributed by atoms with Crippen molar-refractivity contribution in [2.45, 2.75) is 6.42 Å². The van der Waals surface area contributed by atoms with Gasteiger partial charge in [0.1, 0.15) is 0 Å². The highest BCUT2D eigenvalue weighted by atomic mass is 15.3. The fourth-order valence-corrected chi connectivity index (χ4v) is 2.68. The van der Waals surface area contributed by atoms with E-state index < -0.39 is 0 Å². The molecule has 0 N–H and O–H groups in total. The van der Waals surface area contributed by atoms with Crippen molar-refractivity contribution in [1.29, 1.82) is 0 Å². The van der Waals surface area contributed by atoms with Crippen LogP contribution in [-0.2, 0) is 0 Å². The van der Waals surface area contributed by atoms with Crippen LogP contribution in [0.15, 0.2) is 0 Å². The Bertz CT molecular complexity index is 221. The second kappa shape index (κ2) is 6.69. The molecule has 0 aromatic heterocycles. The van der Waals surface area contributed by atoms with E-state index in [0.29, 0.717) is 0 Å². The highest BCUT2D eigenvalue weighted by molar-refractivity contribution is 4.72. The van der Waals surface area contributed by atoms with Gasteiger partial charge in [0.25, 0.3) is 0 Å². The topological polar surface area (TPSA) is 13.0 Å². The quantitative estimate of drug-likeness (QED) is 0.585. The predicted molar refractivity (Wildman–Crippen MR) is 72.5 cm³/mol. The summed E-state index contributed by atoms with van der Waals surface area (Å²) in [5.74, 6) is 0. The van der Waals surface area contributed by atoms with Crippen LogP contribution >= 0.6 is 0 Å². The third-order valence-electron chi connectivity index (χ3n) is 4.14. The van der Waals surface area contributed by atoms with E-state index in [-0.39, 0.29) is 0 Å². The summed E-state index contributed by atoms with van der Waals surface area (Å²) in [5.41, 5.74) is 0. The molecule has 0 aromatic rings. The first-order chi connectivity index (χ1) is 8.24. The van der Waals surface area contributed by atoms with Crippen LogP contribution in [-0.4, -0.2) is 99.1 Å². The normalized spacial score (nSPS) is 34.9. The molecule has 2 fully saturated rings. The molecule has 2 unspecified atom stereocenters. The Kier molecular flexibility index (Phi) is 5.22. The summed E-state index contributed by atoms with van der Waals surface area (Å²) < 4.78 is 0. The lowest BCUT2D eigenvalue weighted by Crippen LogP contribution is -2.42. The molecule has 0 amide bonds. The molecular formula is C13H28N4. The van der Waals surface area contributed by atoms with Gasteiger partial charge in [-0.15, -0.1) is 0 Å². The Morgan fingerprint density at radius 2 is 0.882 bits per heavy atom. The van der Waals surface area contributed by atoms with Crippen molar-refractivity contribution in [3.63, 3.8) is 0 Å². The van der Waals surface area contributed by atoms with Gasteiger partial charge in [-0.1, -0.05) is 0 Å². The molecule has 17 heavy (non-hydrogen) atoms. The van der Waals surface area contributed by atoms with Crippen LogP contribution in [0.1, 0.15) is 6.42 Å². The summed E-state index contributed by atoms with van der Waals surface area (Å²) in [5, 5.41) is 0. The Hall–Kier alpha value is -0.160. The zero-order chi connectivity index (χ0) is 12.1. The van der Waals surface area contributed by atoms with Gasteiger partial charge in [0.2, 0.25) is 0 Å². The van der Waals surface area contributed by atoms with Gasteiger partial charge in [0.15, 0.2) is 0 Å². The van der Waals surface area contributed by atoms with Gasteiger partial charge in [-0.2, -0.15) is 0 Å². The number of hydrogen-bond acceptors (Lipinski definition) is 4. The lowest BCUT2D eigenvalue weighted by molar-refractivity contribution is 0.172. The van der Waals surface area contributed by atoms with Crippen molar-refractivity contribution >= 4 is 0 Å². The average molecular weight is 240 g/mol. The molecule has 4 heteroatoms. The Morgan fingerprint density at radius 1 is 0.471 bits per heavy atom. The van der Waals surface area contributed by atoms with Crippen molar-refractivity contribution in [3.05, 3.63) is 0 Å². The molecule has 0 aromatic carbocycles. The van der Waals surface area contributed by atoms with Gasteiger partial charge in [-0.3, -0.25) is 4.90 Å². The lowest BCUT2D eigenvalue weighted by Gasteiger charge is -2.30. The summed E-state index contributed by atoms with van der Waals surface area (Å²) >= 11 is 0. The van der Waals surface area contributed by atoms with Crippen molar-refractivity contribution in [2.75, 3.05) is 79.5 Å². The maximum Gasteiger partial charge on any atom is 0.0110 e. The number of rotatable bonds is 0. The van der Waals surface area contributed by atoms with Gasteiger partial charge in [0, 0.05) is 52.4 Å². The van der Waals surface area contributed by atoms with E-state index >= 15 is 0 Å². The zero-order valence-electron chi connectivity index (χ0n) is 11.6. The fraction of sp³-hybridized carbons (Fsp3) is 1.00. The molecule has 100 valence electrons. The highest BCUT2D eigenvalue weighted by Gasteiger charge is 2.16. The maximum absolute atomic E-state index is 2.65. The minimum atomic E-state index is 1.22. The van der Waals surface area contributed by atoms with Crippen LogP contribution in [0.5, 0.6) is 0 Å². The minimum absolute atomic E-state index is 1.22.